The van der Waals surface area contributed by atoms with Crippen LogP contribution in [0.2, 0.25) is 0 Å². The fourth-order valence-electron chi connectivity index (χ4n) is 2.86. The Balaban J connectivity index is 2.06. The molecule has 28 heavy (non-hydrogen) atoms. The Morgan fingerprint density at radius 2 is 1.68 bits per heavy atom. The lowest BCUT2D eigenvalue weighted by atomic mass is 10.1. The SMILES string of the molecule is COc1cc(C)c(C[NH+](C)[C@@H](C)C(=O)Nc2ccc(C(N)=O)cc2)cc1OC. The summed E-state index contributed by atoms with van der Waals surface area (Å²) in [6, 6.07) is 10.1. The van der Waals surface area contributed by atoms with Gasteiger partial charge in [-0.3, -0.25) is 9.59 Å². The summed E-state index contributed by atoms with van der Waals surface area (Å²) in [6.45, 7) is 4.54. The van der Waals surface area contributed by atoms with Crippen LogP contribution in [0.25, 0.3) is 0 Å². The average molecular weight is 386 g/mol. The van der Waals surface area contributed by atoms with Crippen molar-refractivity contribution >= 4 is 17.5 Å². The van der Waals surface area contributed by atoms with Gasteiger partial charge in [0, 0.05) is 16.8 Å². The molecule has 0 spiro atoms. The Hall–Kier alpha value is -3.06. The number of benzene rings is 2. The Bertz CT molecular complexity index is 849. The van der Waals surface area contributed by atoms with E-state index in [-0.39, 0.29) is 11.9 Å². The van der Waals surface area contributed by atoms with Gasteiger partial charge >= 0.3 is 0 Å². The highest BCUT2D eigenvalue weighted by atomic mass is 16.5. The summed E-state index contributed by atoms with van der Waals surface area (Å²) < 4.78 is 10.7. The summed E-state index contributed by atoms with van der Waals surface area (Å²) in [5.41, 5.74) is 8.41. The summed E-state index contributed by atoms with van der Waals surface area (Å²) in [4.78, 5) is 24.8. The first-order valence-corrected chi connectivity index (χ1v) is 9.01. The van der Waals surface area contributed by atoms with Gasteiger partial charge in [0.15, 0.2) is 17.5 Å². The van der Waals surface area contributed by atoms with Crippen molar-refractivity contribution in [3.63, 3.8) is 0 Å². The molecule has 7 heteroatoms. The number of quaternary nitrogens is 1. The lowest BCUT2D eigenvalue weighted by Gasteiger charge is -2.22. The maximum atomic E-state index is 12.6. The van der Waals surface area contributed by atoms with E-state index in [1.807, 2.05) is 33.0 Å². The summed E-state index contributed by atoms with van der Waals surface area (Å²) in [6.07, 6.45) is 0. The van der Waals surface area contributed by atoms with Crippen molar-refractivity contribution in [2.24, 2.45) is 5.73 Å². The maximum absolute atomic E-state index is 12.6. The lowest BCUT2D eigenvalue weighted by Crippen LogP contribution is -3.12. The molecule has 0 radical (unpaired) electrons. The van der Waals surface area contributed by atoms with Crippen molar-refractivity contribution in [3.05, 3.63) is 53.1 Å². The van der Waals surface area contributed by atoms with Gasteiger partial charge in [0.25, 0.3) is 5.91 Å². The molecule has 0 aliphatic rings. The number of carbonyl (C=O) groups is 2. The zero-order valence-electron chi connectivity index (χ0n) is 17.0. The van der Waals surface area contributed by atoms with Crippen molar-refractivity contribution in [1.29, 1.82) is 0 Å². The minimum absolute atomic E-state index is 0.109. The third-order valence-electron chi connectivity index (χ3n) is 4.88. The van der Waals surface area contributed by atoms with Gasteiger partial charge in [0.05, 0.1) is 21.3 Å². The molecule has 2 rings (SSSR count). The number of ether oxygens (including phenoxy) is 2. The number of likely N-dealkylation sites (N-methyl/N-ethyl adjacent to an activating group) is 1. The number of hydrogen-bond donors (Lipinski definition) is 3. The van der Waals surface area contributed by atoms with Crippen molar-refractivity contribution < 1.29 is 24.0 Å². The van der Waals surface area contributed by atoms with E-state index in [4.69, 9.17) is 15.2 Å². The van der Waals surface area contributed by atoms with Gasteiger partial charge in [-0.25, -0.2) is 0 Å². The largest absolute Gasteiger partial charge is 0.493 e. The zero-order chi connectivity index (χ0) is 20.8. The number of amides is 2. The topological polar surface area (TPSA) is 95.1 Å². The van der Waals surface area contributed by atoms with Crippen LogP contribution in [-0.4, -0.2) is 39.1 Å². The molecule has 7 nitrogen and oxygen atoms in total. The molecule has 0 aromatic heterocycles. The standard InChI is InChI=1S/C21H27N3O4/c1-13-10-18(27-4)19(28-5)11-16(13)12-24(3)14(2)21(26)23-17-8-6-15(7-9-17)20(22)25/h6-11,14H,12H2,1-5H3,(H2,22,25)(H,23,26)/p+1/t14-/m0/s1. The second-order valence-corrected chi connectivity index (χ2v) is 6.81. The number of primary amides is 1. The van der Waals surface area contributed by atoms with E-state index in [0.29, 0.717) is 29.3 Å². The number of nitrogens with one attached hydrogen (secondary N) is 2. The van der Waals surface area contributed by atoms with Crippen LogP contribution >= 0.6 is 0 Å². The van der Waals surface area contributed by atoms with Gasteiger partial charge in [0.2, 0.25) is 5.91 Å². The molecule has 1 unspecified atom stereocenters. The molecule has 0 aliphatic carbocycles. The molecule has 0 aliphatic heterocycles. The van der Waals surface area contributed by atoms with E-state index in [1.54, 1.807) is 38.5 Å². The highest BCUT2D eigenvalue weighted by Crippen LogP contribution is 2.29. The van der Waals surface area contributed by atoms with Crippen LogP contribution < -0.4 is 25.4 Å². The smallest absolute Gasteiger partial charge is 0.282 e. The van der Waals surface area contributed by atoms with Crippen LogP contribution in [0.4, 0.5) is 5.69 Å². The lowest BCUT2D eigenvalue weighted by molar-refractivity contribution is -0.907. The van der Waals surface area contributed by atoms with Gasteiger partial charge in [0.1, 0.15) is 6.54 Å². The predicted molar refractivity (Wildman–Crippen MR) is 108 cm³/mol. The first kappa shape index (κ1) is 21.2. The van der Waals surface area contributed by atoms with Gasteiger partial charge in [-0.2, -0.15) is 0 Å². The number of aryl methyl sites for hydroxylation is 1. The van der Waals surface area contributed by atoms with E-state index in [0.717, 1.165) is 16.0 Å². The van der Waals surface area contributed by atoms with Crippen molar-refractivity contribution in [3.8, 4) is 11.5 Å². The zero-order valence-corrected chi connectivity index (χ0v) is 17.0. The van der Waals surface area contributed by atoms with Crippen molar-refractivity contribution in [2.45, 2.75) is 26.4 Å². The molecular formula is C21H28N3O4+. The van der Waals surface area contributed by atoms with Crippen LogP contribution in [-0.2, 0) is 11.3 Å². The fraction of sp³-hybridized carbons (Fsp3) is 0.333. The van der Waals surface area contributed by atoms with Crippen LogP contribution in [0.5, 0.6) is 11.5 Å². The van der Waals surface area contributed by atoms with E-state index in [2.05, 4.69) is 5.32 Å². The van der Waals surface area contributed by atoms with Crippen LogP contribution in [0.15, 0.2) is 36.4 Å². The molecule has 0 bridgehead atoms. The van der Waals surface area contributed by atoms with Gasteiger partial charge in [-0.1, -0.05) is 0 Å². The second-order valence-electron chi connectivity index (χ2n) is 6.81. The molecule has 0 saturated carbocycles. The van der Waals surface area contributed by atoms with Crippen LogP contribution in [0.1, 0.15) is 28.4 Å². The number of hydrogen-bond acceptors (Lipinski definition) is 4. The third kappa shape index (κ3) is 5.01. The summed E-state index contributed by atoms with van der Waals surface area (Å²) in [5, 5.41) is 2.87. The number of anilines is 1. The van der Waals surface area contributed by atoms with Gasteiger partial charge < -0.3 is 25.4 Å². The summed E-state index contributed by atoms with van der Waals surface area (Å²) >= 11 is 0. The second kappa shape index (κ2) is 9.23. The van der Waals surface area contributed by atoms with Gasteiger partial charge in [-0.15, -0.1) is 0 Å². The molecule has 2 atom stereocenters. The third-order valence-corrected chi connectivity index (χ3v) is 4.88. The molecule has 0 heterocycles. The van der Waals surface area contributed by atoms with E-state index < -0.39 is 5.91 Å². The minimum Gasteiger partial charge on any atom is -0.493 e. The fourth-order valence-corrected chi connectivity index (χ4v) is 2.86. The monoisotopic (exact) mass is 386 g/mol. The average Bonchev–Trinajstić information content (AvgIpc) is 2.68. The molecule has 2 aromatic carbocycles. The highest BCUT2D eigenvalue weighted by Gasteiger charge is 2.23. The first-order chi connectivity index (χ1) is 13.3. The Labute approximate surface area is 165 Å². The number of methoxy groups -OCH3 is 2. The number of carbonyl (C=O) groups excluding carboxylic acids is 2. The molecule has 2 aromatic rings. The number of rotatable bonds is 8. The quantitative estimate of drug-likeness (QED) is 0.634. The molecular weight excluding hydrogens is 358 g/mol. The highest BCUT2D eigenvalue weighted by molar-refractivity contribution is 5.95. The molecule has 2 amide bonds. The predicted octanol–water partition coefficient (Wildman–Crippen LogP) is 1.15. The molecule has 150 valence electrons. The van der Waals surface area contributed by atoms with E-state index >= 15 is 0 Å². The summed E-state index contributed by atoms with van der Waals surface area (Å²) in [7, 11) is 5.18. The molecule has 0 saturated heterocycles. The van der Waals surface area contributed by atoms with E-state index in [1.165, 1.54) is 0 Å². The molecule has 4 N–H and O–H groups in total. The Morgan fingerprint density at radius 1 is 1.11 bits per heavy atom. The van der Waals surface area contributed by atoms with Crippen LogP contribution in [0, 0.1) is 6.92 Å². The summed E-state index contributed by atoms with van der Waals surface area (Å²) in [5.74, 6) is 0.748. The van der Waals surface area contributed by atoms with Crippen LogP contribution in [0.3, 0.4) is 0 Å². The number of nitrogens with two attached hydrogens (primary N) is 1. The van der Waals surface area contributed by atoms with Crippen molar-refractivity contribution in [1.82, 2.24) is 0 Å². The van der Waals surface area contributed by atoms with Crippen molar-refractivity contribution in [2.75, 3.05) is 26.6 Å². The normalized spacial score (nSPS) is 12.8. The molecule has 0 fully saturated rings. The maximum Gasteiger partial charge on any atom is 0.282 e. The Kier molecular flexibility index (Phi) is 7.00. The van der Waals surface area contributed by atoms with E-state index in [9.17, 15) is 9.59 Å². The van der Waals surface area contributed by atoms with Gasteiger partial charge in [-0.05, 0) is 55.8 Å². The Morgan fingerprint density at radius 3 is 2.21 bits per heavy atom. The first-order valence-electron chi connectivity index (χ1n) is 9.01. The minimum atomic E-state index is -0.499.